The first-order chi connectivity index (χ1) is 30.4. The van der Waals surface area contributed by atoms with Gasteiger partial charge in [-0.15, -0.1) is 0 Å². The molecule has 0 spiro atoms. The molecule has 2 fully saturated rings. The second-order valence-corrected chi connectivity index (χ2v) is 23.2. The number of methoxy groups -OCH3 is 1. The van der Waals surface area contributed by atoms with Crippen molar-refractivity contribution >= 4 is 36.8 Å². The molecule has 0 radical (unpaired) electrons. The van der Waals surface area contributed by atoms with Gasteiger partial charge in [0, 0.05) is 18.3 Å². The van der Waals surface area contributed by atoms with Crippen LogP contribution in [0, 0.1) is 5.92 Å². The molecule has 2 aliphatic heterocycles. The van der Waals surface area contributed by atoms with Crippen molar-refractivity contribution in [1.29, 1.82) is 0 Å². The molecule has 2 aliphatic rings. The molecule has 4 atom stereocenters. The van der Waals surface area contributed by atoms with Gasteiger partial charge in [-0.25, -0.2) is 14.8 Å². The van der Waals surface area contributed by atoms with Crippen molar-refractivity contribution in [3.8, 4) is 33.6 Å². The van der Waals surface area contributed by atoms with Crippen LogP contribution in [0.25, 0.3) is 44.4 Å². The van der Waals surface area contributed by atoms with Crippen molar-refractivity contribution in [3.63, 3.8) is 0 Å². The van der Waals surface area contributed by atoms with Crippen molar-refractivity contribution in [1.82, 2.24) is 40.0 Å². The highest BCUT2D eigenvalue weighted by Gasteiger charge is 2.46. The van der Waals surface area contributed by atoms with E-state index in [1.54, 1.807) is 0 Å². The maximum absolute atomic E-state index is 14.3. The number of carbonyl (C=O) groups is 3. The number of likely N-dealkylation sites (N-methyl/N-ethyl adjacent to an activating group) is 1. The number of aromatic amines is 2. The Morgan fingerprint density at radius 1 is 0.778 bits per heavy atom. The van der Waals surface area contributed by atoms with Gasteiger partial charge in [0.1, 0.15) is 23.7 Å². The molecular formula is C50H60N8O4Si. The lowest BCUT2D eigenvalue weighted by Crippen LogP contribution is -2.52. The summed E-state index contributed by atoms with van der Waals surface area (Å²) in [5, 5.41) is 5.00. The van der Waals surface area contributed by atoms with E-state index in [9.17, 15) is 14.4 Å². The van der Waals surface area contributed by atoms with Gasteiger partial charge >= 0.3 is 6.09 Å². The number of imidazole rings is 2. The van der Waals surface area contributed by atoms with Gasteiger partial charge in [0.05, 0.1) is 51.0 Å². The average Bonchev–Trinajstić information content (AvgIpc) is 4.13. The number of amides is 3. The average molecular weight is 865 g/mol. The highest BCUT2D eigenvalue weighted by molar-refractivity contribution is 6.78. The number of H-pyrrole nitrogens is 2. The topological polar surface area (TPSA) is 140 Å². The van der Waals surface area contributed by atoms with Crippen molar-refractivity contribution in [3.05, 3.63) is 121 Å². The van der Waals surface area contributed by atoms with Crippen LogP contribution in [0.15, 0.2) is 103 Å². The van der Waals surface area contributed by atoms with Crippen LogP contribution in [0.3, 0.4) is 0 Å². The van der Waals surface area contributed by atoms with Crippen LogP contribution in [0.4, 0.5) is 4.79 Å². The minimum absolute atomic E-state index is 0.0937. The van der Waals surface area contributed by atoms with Crippen LogP contribution in [-0.4, -0.2) is 99.6 Å². The second-order valence-electron chi connectivity index (χ2n) is 18.2. The molecule has 12 nitrogen and oxygen atoms in total. The van der Waals surface area contributed by atoms with Gasteiger partial charge in [-0.3, -0.25) is 14.5 Å². The number of ether oxygens (including phenoxy) is 1. The molecule has 0 saturated carbocycles. The number of carbonyl (C=O) groups excluding carboxylic acids is 3. The second kappa shape index (κ2) is 18.3. The number of rotatable bonds is 13. The predicted molar refractivity (Wildman–Crippen MR) is 251 cm³/mol. The molecule has 0 unspecified atom stereocenters. The summed E-state index contributed by atoms with van der Waals surface area (Å²) in [4.78, 5) is 63.3. The van der Waals surface area contributed by atoms with E-state index in [4.69, 9.17) is 14.7 Å². The third-order valence-electron chi connectivity index (χ3n) is 13.0. The van der Waals surface area contributed by atoms with Crippen LogP contribution in [0.1, 0.15) is 75.9 Å². The van der Waals surface area contributed by atoms with Crippen LogP contribution in [0.2, 0.25) is 19.1 Å². The first kappa shape index (κ1) is 43.6. The van der Waals surface area contributed by atoms with Gasteiger partial charge in [0.15, 0.2) is 0 Å². The van der Waals surface area contributed by atoms with E-state index in [0.29, 0.717) is 6.17 Å². The summed E-state index contributed by atoms with van der Waals surface area (Å²) in [6.45, 7) is 15.0. The van der Waals surface area contributed by atoms with Crippen LogP contribution in [-0.2, 0) is 14.3 Å². The van der Waals surface area contributed by atoms with E-state index in [2.05, 4.69) is 120 Å². The molecule has 6 aromatic rings. The van der Waals surface area contributed by atoms with E-state index < -0.39 is 20.2 Å². The molecule has 2 aromatic heterocycles. The molecule has 2 saturated heterocycles. The SMILES string of the molecule is CCN(CC)[C@@H](C(=O)N1CCC[C@H]1c1ncc(-c2ccc(-c3ccc4cc(-c5cnc([C@@H]6C[Si](C)(C)CN6C(=O)[C@@H](NC(=O)OC)C(C)C)[nH]5)ccc4c3)cc2)[nH]1)c1ccccc1. The quantitative estimate of drug-likeness (QED) is 0.0984. The number of likely N-dealkylation sites (tertiary alicyclic amines) is 1. The Morgan fingerprint density at radius 3 is 2.00 bits per heavy atom. The first-order valence-corrected chi connectivity index (χ1v) is 25.8. The fourth-order valence-electron chi connectivity index (χ4n) is 9.57. The minimum Gasteiger partial charge on any atom is -0.453 e. The standard InChI is InChI=1S/C50H60N8O4Si/c1-8-56(9-2)45(35-14-11-10-12-15-35)49(60)57-25-13-16-42(57)46-51-28-40(53-46)34-19-17-33(18-20-34)36-21-22-38-27-39(24-23-37(38)26-36)41-29-52-47(54-41)43-30-63(6,7)31-58(43)48(59)44(32(3)4)55-50(61)62-5/h10-12,14-15,17-24,26-29,32,42-45H,8-9,13,16,25,30-31H2,1-7H3,(H,51,53)(H,52,54)(H,55,61)/t42-,43-,44-,45+/m0/s1. The van der Waals surface area contributed by atoms with E-state index in [-0.39, 0.29) is 35.9 Å². The Morgan fingerprint density at radius 2 is 1.37 bits per heavy atom. The van der Waals surface area contributed by atoms with Crippen LogP contribution >= 0.6 is 0 Å². The molecule has 0 bridgehead atoms. The van der Waals surface area contributed by atoms with Crippen molar-refractivity contribution < 1.29 is 19.1 Å². The fraction of sp³-hybridized carbons (Fsp3) is 0.380. The molecule has 328 valence electrons. The zero-order valence-corrected chi connectivity index (χ0v) is 38.5. The number of hydrogen-bond donors (Lipinski definition) is 3. The normalized spacial score (nSPS) is 18.3. The maximum Gasteiger partial charge on any atom is 0.407 e. The Kier molecular flexibility index (Phi) is 12.7. The third-order valence-corrected chi connectivity index (χ3v) is 15.6. The number of aromatic nitrogens is 4. The lowest BCUT2D eigenvalue weighted by molar-refractivity contribution is -0.138. The van der Waals surface area contributed by atoms with Crippen LogP contribution in [0.5, 0.6) is 0 Å². The Bertz CT molecular complexity index is 2570. The third kappa shape index (κ3) is 9.07. The lowest BCUT2D eigenvalue weighted by Gasteiger charge is -2.34. The van der Waals surface area contributed by atoms with Gasteiger partial charge < -0.3 is 29.8 Å². The molecule has 0 aliphatic carbocycles. The monoisotopic (exact) mass is 864 g/mol. The molecule has 4 aromatic carbocycles. The fourth-order valence-corrected chi connectivity index (χ4v) is 12.5. The van der Waals surface area contributed by atoms with Crippen molar-refractivity contribution in [2.45, 2.75) is 83.8 Å². The van der Waals surface area contributed by atoms with E-state index in [0.717, 1.165) is 100 Å². The highest BCUT2D eigenvalue weighted by Crippen LogP contribution is 2.39. The molecule has 63 heavy (non-hydrogen) atoms. The molecule has 8 rings (SSSR count). The van der Waals surface area contributed by atoms with E-state index in [1.165, 1.54) is 7.11 Å². The van der Waals surface area contributed by atoms with Crippen molar-refractivity contribution in [2.24, 2.45) is 5.92 Å². The summed E-state index contributed by atoms with van der Waals surface area (Å²) in [5.74, 6) is 1.52. The number of nitrogens with zero attached hydrogens (tertiary/aromatic N) is 5. The number of nitrogens with one attached hydrogen (secondary N) is 3. The van der Waals surface area contributed by atoms with Gasteiger partial charge in [-0.1, -0.05) is 120 Å². The zero-order valence-electron chi connectivity index (χ0n) is 37.5. The summed E-state index contributed by atoms with van der Waals surface area (Å²) in [7, 11) is -0.435. The highest BCUT2D eigenvalue weighted by atomic mass is 28.3. The maximum atomic E-state index is 14.3. The minimum atomic E-state index is -1.75. The molecule has 3 amide bonds. The number of benzene rings is 4. The van der Waals surface area contributed by atoms with Gasteiger partial charge in [0.25, 0.3) is 0 Å². The molecule has 13 heteroatoms. The number of alkyl carbamates (subject to hydrolysis) is 1. The number of fused-ring (bicyclic) bond motifs is 1. The summed E-state index contributed by atoms with van der Waals surface area (Å²) in [6.07, 6.45) is 5.65. The molecular weight excluding hydrogens is 805 g/mol. The van der Waals surface area contributed by atoms with Gasteiger partial charge in [-0.2, -0.15) is 0 Å². The van der Waals surface area contributed by atoms with Crippen LogP contribution < -0.4 is 5.32 Å². The van der Waals surface area contributed by atoms with Gasteiger partial charge in [0.2, 0.25) is 11.8 Å². The zero-order chi connectivity index (χ0) is 44.4. The molecule has 3 N–H and O–H groups in total. The largest absolute Gasteiger partial charge is 0.453 e. The van der Waals surface area contributed by atoms with E-state index in [1.807, 2.05) is 54.2 Å². The van der Waals surface area contributed by atoms with Gasteiger partial charge in [-0.05, 0) is 83.1 Å². The predicted octanol–water partition coefficient (Wildman–Crippen LogP) is 9.55. The summed E-state index contributed by atoms with van der Waals surface area (Å²) < 4.78 is 4.83. The number of hydrogen-bond acceptors (Lipinski definition) is 7. The van der Waals surface area contributed by atoms with Crippen molar-refractivity contribution in [2.75, 3.05) is 32.9 Å². The lowest BCUT2D eigenvalue weighted by atomic mass is 9.98. The summed E-state index contributed by atoms with van der Waals surface area (Å²) in [5.41, 5.74) is 7.14. The first-order valence-electron chi connectivity index (χ1n) is 22.4. The Balaban J connectivity index is 0.959. The summed E-state index contributed by atoms with van der Waals surface area (Å²) >= 11 is 0. The Labute approximate surface area is 371 Å². The molecule has 4 heterocycles. The summed E-state index contributed by atoms with van der Waals surface area (Å²) in [6, 6.07) is 31.2. The smallest absolute Gasteiger partial charge is 0.407 e. The van der Waals surface area contributed by atoms with E-state index >= 15 is 0 Å². The Hall–Kier alpha value is -6.05.